The third-order valence-corrected chi connectivity index (χ3v) is 3.38. The van der Waals surface area contributed by atoms with E-state index in [1.807, 2.05) is 6.07 Å². The largest absolute Gasteiger partial charge is 0.327 e. The van der Waals surface area contributed by atoms with Crippen LogP contribution < -0.4 is 5.32 Å². The van der Waals surface area contributed by atoms with Crippen LogP contribution in [0, 0.1) is 5.82 Å². The molecule has 3 rings (SSSR count). The van der Waals surface area contributed by atoms with Crippen LogP contribution in [0.5, 0.6) is 0 Å². The Morgan fingerprint density at radius 1 is 1.44 bits per heavy atom. The number of hydrogen-bond acceptors (Lipinski definition) is 2. The van der Waals surface area contributed by atoms with Gasteiger partial charge in [-0.05, 0) is 31.4 Å². The molecule has 0 amide bonds. The summed E-state index contributed by atoms with van der Waals surface area (Å²) in [6.45, 7) is 3.75. The molecule has 0 unspecified atom stereocenters. The number of aromatic nitrogens is 2. The fraction of sp³-hybridized carbons (Fsp3) is 0.500. The smallest absolute Gasteiger partial charge is 0.151 e. The minimum atomic E-state index is -0.227. The number of para-hydroxylation sites is 1. The van der Waals surface area contributed by atoms with E-state index in [9.17, 15) is 4.39 Å². The Hall–Kier alpha value is -1.42. The highest BCUT2D eigenvalue weighted by Gasteiger charge is 2.21. The molecule has 1 aromatic carbocycles. The molecular weight excluding hydrogens is 229 g/mol. The summed E-state index contributed by atoms with van der Waals surface area (Å²) in [5, 5.41) is 3.45. The average molecular weight is 247 g/mol. The number of halogens is 1. The second-order valence-electron chi connectivity index (χ2n) is 4.94. The number of aryl methyl sites for hydroxylation is 1. The molecule has 1 N–H and O–H groups in total. The van der Waals surface area contributed by atoms with Crippen LogP contribution in [0.3, 0.4) is 0 Å². The molecular formula is C14H18FN3. The maximum Gasteiger partial charge on any atom is 0.151 e. The molecule has 3 nitrogen and oxygen atoms in total. The molecule has 2 aromatic rings. The highest BCUT2D eigenvalue weighted by Crippen LogP contribution is 2.22. The number of hydrogen-bond donors (Lipinski definition) is 1. The van der Waals surface area contributed by atoms with Crippen molar-refractivity contribution in [3.63, 3.8) is 0 Å². The Balaban J connectivity index is 1.98. The molecule has 1 fully saturated rings. The molecule has 0 saturated heterocycles. The zero-order valence-electron chi connectivity index (χ0n) is 10.6. The first-order valence-electron chi connectivity index (χ1n) is 6.66. The lowest BCUT2D eigenvalue weighted by Crippen LogP contribution is -2.19. The van der Waals surface area contributed by atoms with Crippen LogP contribution in [-0.4, -0.2) is 15.6 Å². The van der Waals surface area contributed by atoms with E-state index in [2.05, 4.69) is 21.8 Å². The topological polar surface area (TPSA) is 29.9 Å². The SMILES string of the molecule is CCCn1c(CNC2CC2)nc2c(F)cccc21. The minimum absolute atomic E-state index is 0.227. The molecule has 0 radical (unpaired) electrons. The van der Waals surface area contributed by atoms with Crippen molar-refractivity contribution in [3.8, 4) is 0 Å². The number of imidazole rings is 1. The molecule has 0 bridgehead atoms. The summed E-state index contributed by atoms with van der Waals surface area (Å²) >= 11 is 0. The predicted octanol–water partition coefficient (Wildman–Crippen LogP) is 2.84. The zero-order valence-corrected chi connectivity index (χ0v) is 10.6. The van der Waals surface area contributed by atoms with Gasteiger partial charge in [-0.15, -0.1) is 0 Å². The van der Waals surface area contributed by atoms with Gasteiger partial charge in [0.25, 0.3) is 0 Å². The van der Waals surface area contributed by atoms with Gasteiger partial charge in [0, 0.05) is 12.6 Å². The molecule has 96 valence electrons. The normalized spacial score (nSPS) is 15.4. The number of benzene rings is 1. The van der Waals surface area contributed by atoms with Crippen LogP contribution in [0.25, 0.3) is 11.0 Å². The van der Waals surface area contributed by atoms with E-state index in [0.717, 1.165) is 30.9 Å². The summed E-state index contributed by atoms with van der Waals surface area (Å²) in [5.74, 6) is 0.721. The molecule has 0 atom stereocenters. The van der Waals surface area contributed by atoms with Crippen molar-refractivity contribution in [3.05, 3.63) is 29.8 Å². The van der Waals surface area contributed by atoms with Gasteiger partial charge in [-0.1, -0.05) is 13.0 Å². The number of nitrogens with zero attached hydrogens (tertiary/aromatic N) is 2. The standard InChI is InChI=1S/C14H18FN3/c1-2-8-18-12-5-3-4-11(15)14(12)17-13(18)9-16-10-6-7-10/h3-5,10,16H,2,6-9H2,1H3. The van der Waals surface area contributed by atoms with Crippen LogP contribution >= 0.6 is 0 Å². The highest BCUT2D eigenvalue weighted by molar-refractivity contribution is 5.76. The number of fused-ring (bicyclic) bond motifs is 1. The molecule has 1 aromatic heterocycles. The van der Waals surface area contributed by atoms with Gasteiger partial charge >= 0.3 is 0 Å². The fourth-order valence-corrected chi connectivity index (χ4v) is 2.29. The quantitative estimate of drug-likeness (QED) is 0.880. The average Bonchev–Trinajstić information content (AvgIpc) is 3.12. The van der Waals surface area contributed by atoms with Crippen LogP contribution in [0.1, 0.15) is 32.0 Å². The van der Waals surface area contributed by atoms with Crippen molar-refractivity contribution in [2.75, 3.05) is 0 Å². The van der Waals surface area contributed by atoms with E-state index in [1.54, 1.807) is 6.07 Å². The van der Waals surface area contributed by atoms with Gasteiger partial charge in [-0.3, -0.25) is 0 Å². The van der Waals surface area contributed by atoms with E-state index < -0.39 is 0 Å². The summed E-state index contributed by atoms with van der Waals surface area (Å²) in [7, 11) is 0. The molecule has 4 heteroatoms. The molecule has 18 heavy (non-hydrogen) atoms. The van der Waals surface area contributed by atoms with Gasteiger partial charge in [0.05, 0.1) is 12.1 Å². The van der Waals surface area contributed by atoms with Crippen molar-refractivity contribution in [1.29, 1.82) is 0 Å². The third kappa shape index (κ3) is 2.12. The zero-order chi connectivity index (χ0) is 12.5. The summed E-state index contributed by atoms with van der Waals surface area (Å²) in [6, 6.07) is 5.82. The van der Waals surface area contributed by atoms with Gasteiger partial charge in [0.1, 0.15) is 11.3 Å². The number of rotatable bonds is 5. The van der Waals surface area contributed by atoms with Crippen LogP contribution in [-0.2, 0) is 13.1 Å². The summed E-state index contributed by atoms with van der Waals surface area (Å²) in [4.78, 5) is 4.46. The molecule has 1 heterocycles. The summed E-state index contributed by atoms with van der Waals surface area (Å²) in [5.41, 5.74) is 1.41. The van der Waals surface area contributed by atoms with Gasteiger partial charge in [-0.25, -0.2) is 9.37 Å². The van der Waals surface area contributed by atoms with Gasteiger partial charge in [0.2, 0.25) is 0 Å². The van der Waals surface area contributed by atoms with Crippen LogP contribution in [0.15, 0.2) is 18.2 Å². The Bertz CT molecular complexity index is 557. The maximum absolute atomic E-state index is 13.7. The summed E-state index contributed by atoms with van der Waals surface area (Å²) < 4.78 is 15.9. The van der Waals surface area contributed by atoms with E-state index in [1.165, 1.54) is 18.9 Å². The van der Waals surface area contributed by atoms with Crippen molar-refractivity contribution in [2.45, 2.75) is 45.3 Å². The second-order valence-corrected chi connectivity index (χ2v) is 4.94. The van der Waals surface area contributed by atoms with E-state index in [4.69, 9.17) is 0 Å². The number of nitrogens with one attached hydrogen (secondary N) is 1. The van der Waals surface area contributed by atoms with E-state index in [-0.39, 0.29) is 5.82 Å². The van der Waals surface area contributed by atoms with Gasteiger partial charge in [-0.2, -0.15) is 0 Å². The second kappa shape index (κ2) is 4.69. The highest BCUT2D eigenvalue weighted by atomic mass is 19.1. The molecule has 1 aliphatic carbocycles. The third-order valence-electron chi connectivity index (χ3n) is 3.38. The first-order chi connectivity index (χ1) is 8.79. The van der Waals surface area contributed by atoms with E-state index in [0.29, 0.717) is 11.6 Å². The Morgan fingerprint density at radius 2 is 2.28 bits per heavy atom. The summed E-state index contributed by atoms with van der Waals surface area (Å²) in [6.07, 6.45) is 3.53. The van der Waals surface area contributed by atoms with Crippen LogP contribution in [0.2, 0.25) is 0 Å². The van der Waals surface area contributed by atoms with Crippen molar-refractivity contribution >= 4 is 11.0 Å². The van der Waals surface area contributed by atoms with Crippen LogP contribution in [0.4, 0.5) is 4.39 Å². The van der Waals surface area contributed by atoms with Crippen molar-refractivity contribution < 1.29 is 4.39 Å². The molecule has 1 aliphatic rings. The van der Waals surface area contributed by atoms with Crippen molar-refractivity contribution in [2.24, 2.45) is 0 Å². The van der Waals surface area contributed by atoms with Crippen molar-refractivity contribution in [1.82, 2.24) is 14.9 Å². The monoisotopic (exact) mass is 247 g/mol. The lowest BCUT2D eigenvalue weighted by molar-refractivity contribution is 0.596. The molecule has 1 saturated carbocycles. The first kappa shape index (κ1) is 11.7. The Kier molecular flexibility index (Phi) is 3.04. The molecule has 0 spiro atoms. The maximum atomic E-state index is 13.7. The predicted molar refractivity (Wildman–Crippen MR) is 69.8 cm³/mol. The lowest BCUT2D eigenvalue weighted by Gasteiger charge is -2.08. The van der Waals surface area contributed by atoms with Gasteiger partial charge in [0.15, 0.2) is 5.82 Å². The van der Waals surface area contributed by atoms with Gasteiger partial charge < -0.3 is 9.88 Å². The Labute approximate surface area is 106 Å². The Morgan fingerprint density at radius 3 is 3.00 bits per heavy atom. The lowest BCUT2D eigenvalue weighted by atomic mass is 10.3. The minimum Gasteiger partial charge on any atom is -0.327 e. The van der Waals surface area contributed by atoms with E-state index >= 15 is 0 Å². The first-order valence-corrected chi connectivity index (χ1v) is 6.66. The fourth-order valence-electron chi connectivity index (χ4n) is 2.29. The molecule has 0 aliphatic heterocycles.